The molecule has 0 spiro atoms. The predicted octanol–water partition coefficient (Wildman–Crippen LogP) is 4.63. The molecule has 0 radical (unpaired) electrons. The highest BCUT2D eigenvalue weighted by Crippen LogP contribution is 2.21. The van der Waals surface area contributed by atoms with Gasteiger partial charge in [0.05, 0.1) is 10.7 Å². The van der Waals surface area contributed by atoms with Crippen molar-refractivity contribution in [2.24, 2.45) is 4.99 Å². The highest BCUT2D eigenvalue weighted by molar-refractivity contribution is 7.78. The van der Waals surface area contributed by atoms with Crippen LogP contribution < -0.4 is 0 Å². The van der Waals surface area contributed by atoms with Crippen molar-refractivity contribution in [3.8, 4) is 11.8 Å². The Kier molecular flexibility index (Phi) is 6.21. The Bertz CT molecular complexity index is 523. The van der Waals surface area contributed by atoms with Gasteiger partial charge >= 0.3 is 0 Å². The number of nitrogens with zero attached hydrogens (tertiary/aromatic N) is 1. The van der Waals surface area contributed by atoms with Crippen molar-refractivity contribution in [2.75, 3.05) is 0 Å². The summed E-state index contributed by atoms with van der Waals surface area (Å²) in [5, 5.41) is 2.00. The second-order valence-electron chi connectivity index (χ2n) is 3.75. The van der Waals surface area contributed by atoms with E-state index in [-0.39, 0.29) is 11.3 Å². The van der Waals surface area contributed by atoms with Gasteiger partial charge in [0.2, 0.25) is 0 Å². The van der Waals surface area contributed by atoms with Gasteiger partial charge in [0, 0.05) is 12.5 Å². The van der Waals surface area contributed by atoms with E-state index in [1.807, 2.05) is 5.16 Å². The summed E-state index contributed by atoms with van der Waals surface area (Å²) >= 11 is 4.35. The molecule has 0 aliphatic rings. The largest absolute Gasteiger partial charge is 0.206 e. The standard InChI is InChI=1S/C14H13F2NS/c1-2-3-4-5-6-7-11-8-13(16)14(17-10-18)9-12(11)15/h8-9H,2-5H2,1H3. The first kappa shape index (κ1) is 14.5. The highest BCUT2D eigenvalue weighted by atomic mass is 32.1. The van der Waals surface area contributed by atoms with E-state index in [1.165, 1.54) is 0 Å². The van der Waals surface area contributed by atoms with Crippen molar-refractivity contribution >= 4 is 23.1 Å². The van der Waals surface area contributed by atoms with Gasteiger partial charge in [-0.15, -0.1) is 0 Å². The zero-order chi connectivity index (χ0) is 13.4. The van der Waals surface area contributed by atoms with Crippen LogP contribution in [0.25, 0.3) is 0 Å². The molecule has 0 fully saturated rings. The maximum atomic E-state index is 13.5. The Labute approximate surface area is 111 Å². The van der Waals surface area contributed by atoms with Crippen LogP contribution in [0, 0.1) is 23.5 Å². The van der Waals surface area contributed by atoms with E-state index in [2.05, 4.69) is 36.0 Å². The first-order valence-corrected chi connectivity index (χ1v) is 6.15. The zero-order valence-corrected chi connectivity index (χ0v) is 10.9. The number of unbranched alkanes of at least 4 members (excludes halogenated alkanes) is 3. The molecular formula is C14H13F2NS. The SMILES string of the molecule is CCCCCC#Cc1cc(F)c(N=C=S)cc1F. The van der Waals surface area contributed by atoms with Gasteiger partial charge in [0.15, 0.2) is 5.82 Å². The Morgan fingerprint density at radius 1 is 1.22 bits per heavy atom. The Morgan fingerprint density at radius 3 is 2.67 bits per heavy atom. The lowest BCUT2D eigenvalue weighted by Gasteiger charge is -1.98. The summed E-state index contributed by atoms with van der Waals surface area (Å²) in [4.78, 5) is 3.43. The molecule has 0 aliphatic carbocycles. The molecule has 0 heterocycles. The second kappa shape index (κ2) is 7.71. The van der Waals surface area contributed by atoms with Crippen LogP contribution in [0.3, 0.4) is 0 Å². The number of rotatable bonds is 4. The van der Waals surface area contributed by atoms with E-state index in [9.17, 15) is 8.78 Å². The molecule has 0 unspecified atom stereocenters. The molecule has 1 aromatic rings. The van der Waals surface area contributed by atoms with Crippen molar-refractivity contribution in [2.45, 2.75) is 32.6 Å². The zero-order valence-electron chi connectivity index (χ0n) is 10.1. The van der Waals surface area contributed by atoms with Gasteiger partial charge in [-0.1, -0.05) is 31.6 Å². The molecule has 0 aromatic heterocycles. The summed E-state index contributed by atoms with van der Waals surface area (Å²) in [6.45, 7) is 2.10. The van der Waals surface area contributed by atoms with Gasteiger partial charge in [-0.2, -0.15) is 4.99 Å². The van der Waals surface area contributed by atoms with Gasteiger partial charge in [-0.3, -0.25) is 0 Å². The summed E-state index contributed by atoms with van der Waals surface area (Å²) in [7, 11) is 0. The Hall–Kier alpha value is -1.56. The van der Waals surface area contributed by atoms with Crippen molar-refractivity contribution < 1.29 is 8.78 Å². The van der Waals surface area contributed by atoms with E-state index >= 15 is 0 Å². The molecule has 1 rings (SSSR count). The third-order valence-corrected chi connectivity index (χ3v) is 2.42. The van der Waals surface area contributed by atoms with Crippen LogP contribution >= 0.6 is 12.2 Å². The number of halogens is 2. The van der Waals surface area contributed by atoms with Gasteiger partial charge in [0.25, 0.3) is 0 Å². The summed E-state index contributed by atoms with van der Waals surface area (Å²) in [6.07, 6.45) is 3.86. The van der Waals surface area contributed by atoms with E-state index in [1.54, 1.807) is 0 Å². The third-order valence-electron chi connectivity index (χ3n) is 2.33. The van der Waals surface area contributed by atoms with Crippen molar-refractivity contribution in [1.82, 2.24) is 0 Å². The minimum atomic E-state index is -0.647. The minimum absolute atomic E-state index is 0.0484. The molecule has 4 heteroatoms. The summed E-state index contributed by atoms with van der Waals surface area (Å²) < 4.78 is 27.0. The maximum Gasteiger partial charge on any atom is 0.151 e. The van der Waals surface area contributed by atoms with Crippen LogP contribution in [0.1, 0.15) is 38.2 Å². The summed E-state index contributed by atoms with van der Waals surface area (Å²) in [5.41, 5.74) is -0.105. The number of thiocarbonyl (C=S) groups is 1. The second-order valence-corrected chi connectivity index (χ2v) is 3.93. The van der Waals surface area contributed by atoms with Crippen LogP contribution in [0.2, 0.25) is 0 Å². The van der Waals surface area contributed by atoms with E-state index in [0.717, 1.165) is 31.4 Å². The first-order chi connectivity index (χ1) is 8.69. The molecule has 18 heavy (non-hydrogen) atoms. The fourth-order valence-corrected chi connectivity index (χ4v) is 1.49. The van der Waals surface area contributed by atoms with Crippen LogP contribution in [-0.4, -0.2) is 5.16 Å². The average Bonchev–Trinajstić information content (AvgIpc) is 2.35. The molecule has 0 amide bonds. The Morgan fingerprint density at radius 2 is 2.00 bits per heavy atom. The van der Waals surface area contributed by atoms with Crippen molar-refractivity contribution in [3.05, 3.63) is 29.3 Å². The maximum absolute atomic E-state index is 13.5. The van der Waals surface area contributed by atoms with Gasteiger partial charge < -0.3 is 0 Å². The summed E-state index contributed by atoms with van der Waals surface area (Å²) in [6, 6.07) is 2.01. The topological polar surface area (TPSA) is 12.4 Å². The number of benzene rings is 1. The number of aliphatic imine (C=N–C) groups is 1. The van der Waals surface area contributed by atoms with Crippen LogP contribution in [0.4, 0.5) is 14.5 Å². The molecule has 0 atom stereocenters. The van der Waals surface area contributed by atoms with Gasteiger partial charge in [0.1, 0.15) is 11.5 Å². The molecule has 0 saturated carbocycles. The smallest absolute Gasteiger partial charge is 0.151 e. The molecule has 0 N–H and O–H groups in total. The third kappa shape index (κ3) is 4.37. The fraction of sp³-hybridized carbons (Fsp3) is 0.357. The molecular weight excluding hydrogens is 252 g/mol. The number of isothiocyanates is 1. The molecule has 1 aromatic carbocycles. The monoisotopic (exact) mass is 265 g/mol. The highest BCUT2D eigenvalue weighted by Gasteiger charge is 2.07. The van der Waals surface area contributed by atoms with Crippen molar-refractivity contribution in [1.29, 1.82) is 0 Å². The lowest BCUT2D eigenvalue weighted by atomic mass is 10.1. The molecule has 0 saturated heterocycles. The average molecular weight is 265 g/mol. The van der Waals surface area contributed by atoms with Crippen LogP contribution in [0.5, 0.6) is 0 Å². The fourth-order valence-electron chi connectivity index (χ4n) is 1.39. The quantitative estimate of drug-likeness (QED) is 0.334. The van der Waals surface area contributed by atoms with Crippen molar-refractivity contribution in [3.63, 3.8) is 0 Å². The molecule has 0 bridgehead atoms. The lowest BCUT2D eigenvalue weighted by molar-refractivity contribution is 0.599. The van der Waals surface area contributed by atoms with E-state index in [0.29, 0.717) is 6.42 Å². The number of hydrogen-bond donors (Lipinski definition) is 0. The van der Waals surface area contributed by atoms with Crippen LogP contribution in [0.15, 0.2) is 17.1 Å². The lowest BCUT2D eigenvalue weighted by Crippen LogP contribution is -1.87. The predicted molar refractivity (Wildman–Crippen MR) is 72.1 cm³/mol. The van der Waals surface area contributed by atoms with Crippen LogP contribution in [-0.2, 0) is 0 Å². The molecule has 1 nitrogen and oxygen atoms in total. The van der Waals surface area contributed by atoms with E-state index < -0.39 is 11.6 Å². The van der Waals surface area contributed by atoms with Gasteiger partial charge in [-0.05, 0) is 24.7 Å². The minimum Gasteiger partial charge on any atom is -0.206 e. The molecule has 94 valence electrons. The summed E-state index contributed by atoms with van der Waals surface area (Å²) in [5.74, 6) is 4.22. The normalized spacial score (nSPS) is 9.28. The number of hydrogen-bond acceptors (Lipinski definition) is 2. The van der Waals surface area contributed by atoms with E-state index in [4.69, 9.17) is 0 Å². The Balaban J connectivity index is 2.84. The molecule has 0 aliphatic heterocycles. The van der Waals surface area contributed by atoms with Gasteiger partial charge in [-0.25, -0.2) is 8.78 Å². The first-order valence-electron chi connectivity index (χ1n) is 5.74.